The maximum atomic E-state index is 11.7. The first kappa shape index (κ1) is 16.7. The van der Waals surface area contributed by atoms with E-state index in [4.69, 9.17) is 0 Å². The fourth-order valence-electron chi connectivity index (χ4n) is 1.08. The summed E-state index contributed by atoms with van der Waals surface area (Å²) >= 11 is 0. The molecule has 0 saturated carbocycles. The summed E-state index contributed by atoms with van der Waals surface area (Å²) in [4.78, 5) is 0. The Morgan fingerprint density at radius 3 is 2.59 bits per heavy atom. The van der Waals surface area contributed by atoms with Crippen molar-refractivity contribution in [1.82, 2.24) is 10.0 Å². The molecule has 0 aromatic heterocycles. The minimum absolute atomic E-state index is 0.0227. The van der Waals surface area contributed by atoms with Gasteiger partial charge in [-0.1, -0.05) is 6.92 Å². The van der Waals surface area contributed by atoms with E-state index in [1.807, 2.05) is 6.92 Å². The highest BCUT2D eigenvalue weighted by Gasteiger charge is 2.09. The Morgan fingerprint density at radius 2 is 2.00 bits per heavy atom. The average molecular weight is 274 g/mol. The molecule has 0 spiro atoms. The van der Waals surface area contributed by atoms with Crippen LogP contribution in [0.5, 0.6) is 0 Å². The van der Waals surface area contributed by atoms with E-state index in [0.29, 0.717) is 13.0 Å². The molecule has 0 atom stereocenters. The van der Waals surface area contributed by atoms with Crippen LogP contribution >= 0.6 is 0 Å². The minimum atomic E-state index is -3.32. The van der Waals surface area contributed by atoms with Crippen LogP contribution in [0.25, 0.3) is 0 Å². The van der Waals surface area contributed by atoms with Crippen LogP contribution < -0.4 is 10.0 Å². The first-order chi connectivity index (χ1) is 7.98. The topological polar surface area (TPSA) is 67.4 Å². The Morgan fingerprint density at radius 1 is 1.29 bits per heavy atom. The van der Waals surface area contributed by atoms with Crippen molar-refractivity contribution in [3.05, 3.63) is 0 Å². The maximum Gasteiger partial charge on any atom is 0.261 e. The fourth-order valence-corrected chi connectivity index (χ4v) is 2.14. The number of ether oxygens (including phenoxy) is 1. The maximum absolute atomic E-state index is 11.7. The summed E-state index contributed by atoms with van der Waals surface area (Å²) in [6, 6.07) is 0. The lowest BCUT2D eigenvalue weighted by molar-refractivity contribution is 0.0199. The molecule has 0 aliphatic heterocycles. The third-order valence-electron chi connectivity index (χ3n) is 1.83. The van der Waals surface area contributed by atoms with Crippen LogP contribution in [0, 0.1) is 0 Å². The third kappa shape index (κ3) is 11.9. The van der Waals surface area contributed by atoms with E-state index in [0.717, 1.165) is 6.54 Å². The van der Waals surface area contributed by atoms with Crippen LogP contribution in [0.15, 0.2) is 0 Å². The lowest BCUT2D eigenvalue weighted by Crippen LogP contribution is -2.31. The van der Waals surface area contributed by atoms with Crippen molar-refractivity contribution in [2.24, 2.45) is 0 Å². The summed E-state index contributed by atoms with van der Waals surface area (Å²) < 4.78 is 52.9. The summed E-state index contributed by atoms with van der Waals surface area (Å²) in [6.07, 6.45) is -2.01. The molecule has 0 bridgehead atoms. The van der Waals surface area contributed by atoms with Crippen molar-refractivity contribution in [2.45, 2.75) is 19.8 Å². The molecule has 0 aliphatic rings. The Labute approximate surface area is 101 Å². The highest BCUT2D eigenvalue weighted by molar-refractivity contribution is 7.89. The van der Waals surface area contributed by atoms with Crippen LogP contribution in [-0.2, 0) is 14.8 Å². The smallest absolute Gasteiger partial charge is 0.261 e. The monoisotopic (exact) mass is 274 g/mol. The van der Waals surface area contributed by atoms with E-state index < -0.39 is 23.1 Å². The van der Waals surface area contributed by atoms with Crippen LogP contribution in [0.3, 0.4) is 0 Å². The normalized spacial score (nSPS) is 12.2. The van der Waals surface area contributed by atoms with Gasteiger partial charge in [0.25, 0.3) is 6.43 Å². The molecule has 0 unspecified atom stereocenters. The van der Waals surface area contributed by atoms with Crippen molar-refractivity contribution in [1.29, 1.82) is 0 Å². The SMILES string of the molecule is CCNCCCS(=O)(=O)NCCOCC(F)F. The van der Waals surface area contributed by atoms with E-state index in [1.165, 1.54) is 0 Å². The van der Waals surface area contributed by atoms with Gasteiger partial charge < -0.3 is 10.1 Å². The van der Waals surface area contributed by atoms with Gasteiger partial charge in [-0.2, -0.15) is 0 Å². The molecule has 8 heteroatoms. The lowest BCUT2D eigenvalue weighted by atomic mass is 10.5. The van der Waals surface area contributed by atoms with E-state index in [-0.39, 0.29) is 18.9 Å². The Kier molecular flexibility index (Phi) is 9.52. The van der Waals surface area contributed by atoms with Crippen molar-refractivity contribution < 1.29 is 21.9 Å². The Balaban J connectivity index is 3.51. The molecular formula is C9H20F2N2O3S. The standard InChI is InChI=1S/C9H20F2N2O3S/c1-2-12-4-3-7-17(14,15)13-5-6-16-8-9(10)11/h9,12-13H,2-8H2,1H3. The van der Waals surface area contributed by atoms with Gasteiger partial charge in [-0.15, -0.1) is 0 Å². The second-order valence-corrected chi connectivity index (χ2v) is 5.31. The summed E-state index contributed by atoms with van der Waals surface area (Å²) in [5.41, 5.74) is 0. The zero-order valence-corrected chi connectivity index (χ0v) is 10.7. The van der Waals surface area contributed by atoms with Gasteiger partial charge in [0, 0.05) is 6.54 Å². The lowest BCUT2D eigenvalue weighted by Gasteiger charge is -2.07. The molecule has 0 aliphatic carbocycles. The number of sulfonamides is 1. The predicted molar refractivity (Wildman–Crippen MR) is 61.8 cm³/mol. The number of nitrogens with one attached hydrogen (secondary N) is 2. The molecule has 0 aromatic carbocycles. The second-order valence-electron chi connectivity index (χ2n) is 3.39. The summed E-state index contributed by atoms with van der Waals surface area (Å²) in [5.74, 6) is 0.0227. The Hall–Kier alpha value is -0.310. The van der Waals surface area contributed by atoms with Crippen LogP contribution in [0.2, 0.25) is 0 Å². The predicted octanol–water partition coefficient (Wildman–Crippen LogP) is 0.187. The van der Waals surface area contributed by atoms with E-state index >= 15 is 0 Å². The zero-order chi connectivity index (χ0) is 13.1. The Bertz CT molecular complexity index is 273. The van der Waals surface area contributed by atoms with Crippen LogP contribution in [0.4, 0.5) is 8.78 Å². The molecule has 0 radical (unpaired) electrons. The quantitative estimate of drug-likeness (QED) is 0.528. The first-order valence-corrected chi connectivity index (χ1v) is 7.17. The third-order valence-corrected chi connectivity index (χ3v) is 3.30. The van der Waals surface area contributed by atoms with Crippen LogP contribution in [0.1, 0.15) is 13.3 Å². The van der Waals surface area contributed by atoms with Gasteiger partial charge in [0.15, 0.2) is 0 Å². The number of hydrogen-bond donors (Lipinski definition) is 2. The van der Waals surface area contributed by atoms with Crippen molar-refractivity contribution in [2.75, 3.05) is 38.6 Å². The number of alkyl halides is 2. The van der Waals surface area contributed by atoms with Gasteiger partial charge in [-0.05, 0) is 19.5 Å². The zero-order valence-electron chi connectivity index (χ0n) is 9.92. The number of rotatable bonds is 11. The average Bonchev–Trinajstić information content (AvgIpc) is 2.23. The van der Waals surface area contributed by atoms with Gasteiger partial charge in [0.2, 0.25) is 10.0 Å². The number of halogens is 2. The molecule has 2 N–H and O–H groups in total. The molecule has 0 amide bonds. The van der Waals surface area contributed by atoms with E-state index in [9.17, 15) is 17.2 Å². The highest BCUT2D eigenvalue weighted by Crippen LogP contribution is 1.92. The van der Waals surface area contributed by atoms with E-state index in [2.05, 4.69) is 14.8 Å². The van der Waals surface area contributed by atoms with Gasteiger partial charge in [0.1, 0.15) is 6.61 Å². The molecule has 104 valence electrons. The molecular weight excluding hydrogens is 254 g/mol. The van der Waals surface area contributed by atoms with Gasteiger partial charge in [-0.25, -0.2) is 21.9 Å². The summed E-state index contributed by atoms with van der Waals surface area (Å²) in [6.45, 7) is 2.69. The van der Waals surface area contributed by atoms with Crippen molar-refractivity contribution >= 4 is 10.0 Å². The van der Waals surface area contributed by atoms with E-state index in [1.54, 1.807) is 0 Å². The van der Waals surface area contributed by atoms with Crippen molar-refractivity contribution in [3.8, 4) is 0 Å². The fraction of sp³-hybridized carbons (Fsp3) is 1.00. The summed E-state index contributed by atoms with van der Waals surface area (Å²) in [7, 11) is -3.32. The molecule has 0 fully saturated rings. The molecule has 17 heavy (non-hydrogen) atoms. The first-order valence-electron chi connectivity index (χ1n) is 5.52. The summed E-state index contributed by atoms with van der Waals surface area (Å²) in [5, 5.41) is 3.01. The minimum Gasteiger partial charge on any atom is -0.374 e. The largest absolute Gasteiger partial charge is 0.374 e. The molecule has 0 rings (SSSR count). The van der Waals surface area contributed by atoms with Gasteiger partial charge >= 0.3 is 0 Å². The highest BCUT2D eigenvalue weighted by atomic mass is 32.2. The molecule has 0 heterocycles. The molecule has 0 aromatic rings. The molecule has 0 saturated heterocycles. The van der Waals surface area contributed by atoms with Gasteiger partial charge in [0.05, 0.1) is 12.4 Å². The van der Waals surface area contributed by atoms with Crippen LogP contribution in [-0.4, -0.2) is 53.4 Å². The van der Waals surface area contributed by atoms with Gasteiger partial charge in [-0.3, -0.25) is 0 Å². The molecule has 5 nitrogen and oxygen atoms in total. The second kappa shape index (κ2) is 9.69. The number of hydrogen-bond acceptors (Lipinski definition) is 4. The van der Waals surface area contributed by atoms with Crippen molar-refractivity contribution in [3.63, 3.8) is 0 Å².